The summed E-state index contributed by atoms with van der Waals surface area (Å²) in [5, 5.41) is 14.7. The summed E-state index contributed by atoms with van der Waals surface area (Å²) in [6, 6.07) is 4.99. The van der Waals surface area contributed by atoms with Gasteiger partial charge in [-0.3, -0.25) is 0 Å². The first kappa shape index (κ1) is 13.6. The zero-order chi connectivity index (χ0) is 14.0. The number of aromatic nitrogens is 4. The number of nitrogens with one attached hydrogen (secondary N) is 1. The maximum absolute atomic E-state index is 13.9. The number of hydrogen-bond acceptors (Lipinski definition) is 4. The minimum absolute atomic E-state index is 0.0530. The molecule has 0 atom stereocenters. The van der Waals surface area contributed by atoms with Gasteiger partial charge in [0.05, 0.1) is 6.54 Å². The molecule has 0 aliphatic rings. The highest BCUT2D eigenvalue weighted by atomic mass is 19.1. The Hall–Kier alpha value is -1.82. The number of rotatable bonds is 3. The summed E-state index contributed by atoms with van der Waals surface area (Å²) in [5.74, 6) is 0.252. The van der Waals surface area contributed by atoms with Crippen molar-refractivity contribution in [1.82, 2.24) is 25.5 Å². The molecule has 0 fully saturated rings. The predicted octanol–water partition coefficient (Wildman–Crippen LogP) is 2.00. The van der Waals surface area contributed by atoms with Gasteiger partial charge in [-0.25, -0.2) is 4.39 Å². The Kier molecular flexibility index (Phi) is 3.61. The molecule has 0 aliphatic carbocycles. The van der Waals surface area contributed by atoms with E-state index in [1.165, 1.54) is 10.7 Å². The van der Waals surface area contributed by atoms with Gasteiger partial charge in [0.1, 0.15) is 11.5 Å². The molecule has 0 saturated carbocycles. The van der Waals surface area contributed by atoms with Crippen LogP contribution in [0.25, 0.3) is 5.69 Å². The first-order chi connectivity index (χ1) is 8.87. The Morgan fingerprint density at radius 1 is 1.32 bits per heavy atom. The van der Waals surface area contributed by atoms with E-state index in [1.54, 1.807) is 6.07 Å². The molecule has 2 rings (SSSR count). The molecule has 0 saturated heterocycles. The molecule has 2 aromatic rings. The average molecular weight is 263 g/mol. The zero-order valence-electron chi connectivity index (χ0n) is 11.6. The van der Waals surface area contributed by atoms with Gasteiger partial charge < -0.3 is 5.32 Å². The molecule has 1 N–H and O–H groups in total. The third-order valence-corrected chi connectivity index (χ3v) is 2.64. The van der Waals surface area contributed by atoms with Crippen molar-refractivity contribution in [2.45, 2.75) is 39.8 Å². The van der Waals surface area contributed by atoms with Crippen molar-refractivity contribution >= 4 is 0 Å². The van der Waals surface area contributed by atoms with E-state index >= 15 is 0 Å². The van der Waals surface area contributed by atoms with Gasteiger partial charge in [-0.15, -0.1) is 5.10 Å². The number of nitrogens with zero attached hydrogens (tertiary/aromatic N) is 4. The molecule has 0 spiro atoms. The number of tetrazole rings is 1. The van der Waals surface area contributed by atoms with Crippen molar-refractivity contribution in [1.29, 1.82) is 0 Å². The lowest BCUT2D eigenvalue weighted by molar-refractivity contribution is 0.414. The van der Waals surface area contributed by atoms with E-state index in [-0.39, 0.29) is 11.4 Å². The molecule has 1 aromatic carbocycles. The number of aryl methyl sites for hydroxylation is 1. The van der Waals surface area contributed by atoms with Crippen LogP contribution in [0.15, 0.2) is 18.2 Å². The van der Waals surface area contributed by atoms with Crippen molar-refractivity contribution in [2.24, 2.45) is 0 Å². The molecule has 1 aromatic heterocycles. The van der Waals surface area contributed by atoms with Crippen LogP contribution < -0.4 is 5.32 Å². The van der Waals surface area contributed by atoms with Gasteiger partial charge in [-0.05, 0) is 55.8 Å². The van der Waals surface area contributed by atoms with E-state index in [1.807, 2.05) is 33.8 Å². The SMILES string of the molecule is Cc1ccc(-n2nnnc2CNC(C)(C)C)c(F)c1. The van der Waals surface area contributed by atoms with Crippen LogP contribution in [0, 0.1) is 12.7 Å². The van der Waals surface area contributed by atoms with E-state index < -0.39 is 0 Å². The minimum Gasteiger partial charge on any atom is -0.305 e. The normalized spacial score (nSPS) is 11.8. The Labute approximate surface area is 111 Å². The van der Waals surface area contributed by atoms with Crippen molar-refractivity contribution in [2.75, 3.05) is 0 Å². The fraction of sp³-hybridized carbons (Fsp3) is 0.462. The summed E-state index contributed by atoms with van der Waals surface area (Å²) in [6.45, 7) is 8.47. The van der Waals surface area contributed by atoms with Crippen LogP contribution in [0.5, 0.6) is 0 Å². The number of halogens is 1. The standard InChI is InChI=1S/C13H18FN5/c1-9-5-6-11(10(14)7-9)19-12(16-17-18-19)8-15-13(2,3)4/h5-7,15H,8H2,1-4H3. The highest BCUT2D eigenvalue weighted by Gasteiger charge is 2.15. The first-order valence-electron chi connectivity index (χ1n) is 6.15. The van der Waals surface area contributed by atoms with Gasteiger partial charge in [0.15, 0.2) is 5.82 Å². The summed E-state index contributed by atoms with van der Waals surface area (Å²) in [4.78, 5) is 0. The van der Waals surface area contributed by atoms with Crippen LogP contribution >= 0.6 is 0 Å². The highest BCUT2D eigenvalue weighted by Crippen LogP contribution is 2.15. The van der Waals surface area contributed by atoms with Crippen LogP contribution in [-0.4, -0.2) is 25.7 Å². The van der Waals surface area contributed by atoms with E-state index in [9.17, 15) is 4.39 Å². The highest BCUT2D eigenvalue weighted by molar-refractivity contribution is 5.35. The Morgan fingerprint density at radius 2 is 2.05 bits per heavy atom. The number of hydrogen-bond donors (Lipinski definition) is 1. The Balaban J connectivity index is 2.28. The molecule has 102 valence electrons. The molecule has 19 heavy (non-hydrogen) atoms. The van der Waals surface area contributed by atoms with Gasteiger partial charge in [0.25, 0.3) is 0 Å². The fourth-order valence-electron chi connectivity index (χ4n) is 1.63. The summed E-state index contributed by atoms with van der Waals surface area (Å²) >= 11 is 0. The molecular weight excluding hydrogens is 245 g/mol. The summed E-state index contributed by atoms with van der Waals surface area (Å²) in [5.41, 5.74) is 1.17. The largest absolute Gasteiger partial charge is 0.305 e. The van der Waals surface area contributed by atoms with Crippen molar-refractivity contribution in [3.8, 4) is 5.69 Å². The van der Waals surface area contributed by atoms with E-state index in [2.05, 4.69) is 20.8 Å². The molecule has 0 amide bonds. The third kappa shape index (κ3) is 3.35. The second kappa shape index (κ2) is 5.05. The van der Waals surface area contributed by atoms with Gasteiger partial charge in [-0.1, -0.05) is 6.07 Å². The quantitative estimate of drug-likeness (QED) is 0.920. The molecule has 0 radical (unpaired) electrons. The minimum atomic E-state index is -0.329. The van der Waals surface area contributed by atoms with Gasteiger partial charge in [0, 0.05) is 5.54 Å². The lowest BCUT2D eigenvalue weighted by atomic mass is 10.1. The lowest BCUT2D eigenvalue weighted by Crippen LogP contribution is -2.36. The van der Waals surface area contributed by atoms with Crippen LogP contribution in [-0.2, 0) is 6.54 Å². The summed E-state index contributed by atoms with van der Waals surface area (Å²) < 4.78 is 15.4. The van der Waals surface area contributed by atoms with Crippen molar-refractivity contribution in [3.05, 3.63) is 35.4 Å². The number of benzene rings is 1. The Bertz CT molecular complexity index is 571. The molecule has 0 unspecified atom stereocenters. The van der Waals surface area contributed by atoms with Gasteiger partial charge in [0.2, 0.25) is 0 Å². The maximum Gasteiger partial charge on any atom is 0.170 e. The molecular formula is C13H18FN5. The summed E-state index contributed by atoms with van der Waals surface area (Å²) in [7, 11) is 0. The fourth-order valence-corrected chi connectivity index (χ4v) is 1.63. The van der Waals surface area contributed by atoms with Gasteiger partial charge in [-0.2, -0.15) is 4.68 Å². The second-order valence-electron chi connectivity index (χ2n) is 5.57. The average Bonchev–Trinajstić information content (AvgIpc) is 2.73. The van der Waals surface area contributed by atoms with Crippen LogP contribution in [0.4, 0.5) is 4.39 Å². The van der Waals surface area contributed by atoms with E-state index in [4.69, 9.17) is 0 Å². The van der Waals surface area contributed by atoms with E-state index in [0.29, 0.717) is 18.1 Å². The third-order valence-electron chi connectivity index (χ3n) is 2.64. The monoisotopic (exact) mass is 263 g/mol. The van der Waals surface area contributed by atoms with Crippen molar-refractivity contribution < 1.29 is 4.39 Å². The molecule has 5 nitrogen and oxygen atoms in total. The molecule has 6 heteroatoms. The topological polar surface area (TPSA) is 55.6 Å². The van der Waals surface area contributed by atoms with Crippen LogP contribution in [0.2, 0.25) is 0 Å². The zero-order valence-corrected chi connectivity index (χ0v) is 11.6. The molecule has 0 bridgehead atoms. The van der Waals surface area contributed by atoms with E-state index in [0.717, 1.165) is 5.56 Å². The summed E-state index contributed by atoms with van der Waals surface area (Å²) in [6.07, 6.45) is 0. The van der Waals surface area contributed by atoms with Crippen LogP contribution in [0.3, 0.4) is 0 Å². The van der Waals surface area contributed by atoms with Crippen molar-refractivity contribution in [3.63, 3.8) is 0 Å². The maximum atomic E-state index is 13.9. The smallest absolute Gasteiger partial charge is 0.170 e. The predicted molar refractivity (Wildman–Crippen MR) is 70.4 cm³/mol. The second-order valence-corrected chi connectivity index (χ2v) is 5.57. The first-order valence-corrected chi connectivity index (χ1v) is 6.15. The Morgan fingerprint density at radius 3 is 2.68 bits per heavy atom. The van der Waals surface area contributed by atoms with Gasteiger partial charge >= 0.3 is 0 Å². The van der Waals surface area contributed by atoms with Crippen LogP contribution in [0.1, 0.15) is 32.2 Å². The molecule has 1 heterocycles. The molecule has 0 aliphatic heterocycles. The lowest BCUT2D eigenvalue weighted by Gasteiger charge is -2.19.